The molecule has 1 nitrogen and oxygen atoms in total. The van der Waals surface area contributed by atoms with Crippen LogP contribution in [0.3, 0.4) is 0 Å². The number of alkyl halides is 4. The van der Waals surface area contributed by atoms with Gasteiger partial charge >= 0.3 is 6.18 Å². The summed E-state index contributed by atoms with van der Waals surface area (Å²) in [5, 5.41) is -0.203. The van der Waals surface area contributed by atoms with Crippen LogP contribution in [0, 0.1) is 0 Å². The third-order valence-corrected chi connectivity index (χ3v) is 1.80. The molecule has 1 aromatic rings. The van der Waals surface area contributed by atoms with Gasteiger partial charge in [-0.05, 0) is 17.7 Å². The Hall–Kier alpha value is -0.480. The molecule has 0 radical (unpaired) electrons. The Bertz CT molecular complexity index is 311. The van der Waals surface area contributed by atoms with Gasteiger partial charge in [0.1, 0.15) is 10.8 Å². The fourth-order valence-electron chi connectivity index (χ4n) is 0.772. The summed E-state index contributed by atoms with van der Waals surface area (Å²) in [6, 6.07) is 2.17. The maximum atomic E-state index is 12.1. The van der Waals surface area contributed by atoms with Crippen molar-refractivity contribution in [2.45, 2.75) is 12.1 Å². The Morgan fingerprint density at radius 1 is 1.31 bits per heavy atom. The van der Waals surface area contributed by atoms with Crippen molar-refractivity contribution in [2.24, 2.45) is 0 Å². The first-order valence-electron chi connectivity index (χ1n) is 3.23. The van der Waals surface area contributed by atoms with E-state index in [1.54, 1.807) is 0 Å². The van der Waals surface area contributed by atoms with E-state index in [4.69, 9.17) is 23.2 Å². The summed E-state index contributed by atoms with van der Waals surface area (Å²) in [5.74, 6) is -0.0225. The van der Waals surface area contributed by atoms with E-state index in [1.807, 2.05) is 0 Å². The van der Waals surface area contributed by atoms with Crippen LogP contribution < -0.4 is 0 Å². The second-order valence-electron chi connectivity index (χ2n) is 2.31. The zero-order chi connectivity index (χ0) is 10.1. The molecule has 0 spiro atoms. The summed E-state index contributed by atoms with van der Waals surface area (Å²) < 4.78 is 36.4. The summed E-state index contributed by atoms with van der Waals surface area (Å²) in [6.45, 7) is 0. The number of halogens is 5. The van der Waals surface area contributed by atoms with Crippen LogP contribution >= 0.6 is 23.2 Å². The quantitative estimate of drug-likeness (QED) is 0.531. The van der Waals surface area contributed by atoms with Crippen LogP contribution in [0.4, 0.5) is 13.2 Å². The van der Waals surface area contributed by atoms with Crippen molar-refractivity contribution < 1.29 is 13.2 Å². The van der Waals surface area contributed by atoms with Crippen molar-refractivity contribution in [3.63, 3.8) is 0 Å². The molecular formula is C7H4Cl2F3N. The maximum Gasteiger partial charge on any atom is 0.433 e. The average molecular weight is 230 g/mol. The van der Waals surface area contributed by atoms with Crippen molar-refractivity contribution >= 4 is 23.2 Å². The zero-order valence-electron chi connectivity index (χ0n) is 6.20. The molecule has 0 N–H and O–H groups in total. The second-order valence-corrected chi connectivity index (χ2v) is 2.97. The van der Waals surface area contributed by atoms with Crippen LogP contribution in [-0.2, 0) is 12.1 Å². The summed E-state index contributed by atoms with van der Waals surface area (Å²) in [4.78, 5) is 3.13. The number of nitrogens with zero attached hydrogens (tertiary/aromatic N) is 1. The molecule has 0 amide bonds. The Balaban J connectivity index is 3.16. The first kappa shape index (κ1) is 10.6. The minimum absolute atomic E-state index is 0.0225. The van der Waals surface area contributed by atoms with E-state index in [-0.39, 0.29) is 11.0 Å². The highest BCUT2D eigenvalue weighted by molar-refractivity contribution is 6.29. The Morgan fingerprint density at radius 3 is 2.38 bits per heavy atom. The predicted octanol–water partition coefficient (Wildman–Crippen LogP) is 3.49. The number of aromatic nitrogens is 1. The second kappa shape index (κ2) is 3.72. The van der Waals surface area contributed by atoms with Crippen molar-refractivity contribution in [3.05, 3.63) is 28.5 Å². The highest BCUT2D eigenvalue weighted by Crippen LogP contribution is 2.29. The van der Waals surface area contributed by atoms with Crippen LogP contribution in [0.25, 0.3) is 0 Å². The molecule has 0 aliphatic rings. The number of hydrogen-bond donors (Lipinski definition) is 0. The number of pyridine rings is 1. The summed E-state index contributed by atoms with van der Waals surface area (Å²) >= 11 is 10.7. The molecule has 0 atom stereocenters. The van der Waals surface area contributed by atoms with Gasteiger partial charge < -0.3 is 0 Å². The summed E-state index contributed by atoms with van der Waals surface area (Å²) in [5.41, 5.74) is -0.718. The molecule has 0 fully saturated rings. The smallest absolute Gasteiger partial charge is 0.232 e. The van der Waals surface area contributed by atoms with E-state index in [0.717, 1.165) is 6.07 Å². The monoisotopic (exact) mass is 229 g/mol. The molecule has 0 aromatic carbocycles. The minimum atomic E-state index is -4.48. The van der Waals surface area contributed by atoms with Gasteiger partial charge in [-0.2, -0.15) is 13.2 Å². The predicted molar refractivity (Wildman–Crippen MR) is 43.8 cm³/mol. The van der Waals surface area contributed by atoms with Gasteiger partial charge in [0.15, 0.2) is 0 Å². The molecule has 72 valence electrons. The van der Waals surface area contributed by atoms with Crippen molar-refractivity contribution in [2.75, 3.05) is 0 Å². The SMILES string of the molecule is FC(F)(F)c1cc(CCl)cc(Cl)n1. The number of rotatable bonds is 1. The van der Waals surface area contributed by atoms with Gasteiger partial charge in [0.2, 0.25) is 0 Å². The normalized spacial score (nSPS) is 11.8. The van der Waals surface area contributed by atoms with E-state index in [0.29, 0.717) is 5.56 Å². The molecule has 0 saturated carbocycles. The van der Waals surface area contributed by atoms with Crippen molar-refractivity contribution in [3.8, 4) is 0 Å². The maximum absolute atomic E-state index is 12.1. The lowest BCUT2D eigenvalue weighted by Gasteiger charge is -2.06. The zero-order valence-corrected chi connectivity index (χ0v) is 7.71. The Kier molecular flexibility index (Phi) is 3.03. The average Bonchev–Trinajstić information content (AvgIpc) is 2.01. The molecule has 0 bridgehead atoms. The Labute approximate surface area is 82.5 Å². The van der Waals surface area contributed by atoms with E-state index in [9.17, 15) is 13.2 Å². The van der Waals surface area contributed by atoms with Gasteiger partial charge in [0.05, 0.1) is 0 Å². The lowest BCUT2D eigenvalue weighted by atomic mass is 10.2. The fraction of sp³-hybridized carbons (Fsp3) is 0.286. The third kappa shape index (κ3) is 2.74. The molecule has 1 rings (SSSR count). The molecule has 0 unspecified atom stereocenters. The molecule has 0 aliphatic heterocycles. The van der Waals surface area contributed by atoms with Gasteiger partial charge in [-0.25, -0.2) is 4.98 Å². The molecule has 0 saturated heterocycles. The van der Waals surface area contributed by atoms with Crippen LogP contribution in [0.5, 0.6) is 0 Å². The van der Waals surface area contributed by atoms with Crippen LogP contribution in [0.1, 0.15) is 11.3 Å². The Morgan fingerprint density at radius 2 is 1.92 bits per heavy atom. The highest BCUT2D eigenvalue weighted by atomic mass is 35.5. The van der Waals surface area contributed by atoms with Gasteiger partial charge in [-0.1, -0.05) is 11.6 Å². The topological polar surface area (TPSA) is 12.9 Å². The van der Waals surface area contributed by atoms with Crippen molar-refractivity contribution in [1.29, 1.82) is 0 Å². The molecule has 1 aromatic heterocycles. The van der Waals surface area contributed by atoms with Gasteiger partial charge in [-0.3, -0.25) is 0 Å². The lowest BCUT2D eigenvalue weighted by molar-refractivity contribution is -0.141. The number of hydrogen-bond acceptors (Lipinski definition) is 1. The van der Waals surface area contributed by atoms with Crippen LogP contribution in [0.15, 0.2) is 12.1 Å². The standard InChI is InChI=1S/C7H4Cl2F3N/c8-3-4-1-5(7(10,11)12)13-6(9)2-4/h1-2H,3H2. The van der Waals surface area contributed by atoms with E-state index in [1.165, 1.54) is 6.07 Å². The van der Waals surface area contributed by atoms with Gasteiger partial charge in [-0.15, -0.1) is 11.6 Å². The van der Waals surface area contributed by atoms with Gasteiger partial charge in [0, 0.05) is 5.88 Å². The first-order valence-corrected chi connectivity index (χ1v) is 4.14. The fourth-order valence-corrected chi connectivity index (χ4v) is 1.16. The van der Waals surface area contributed by atoms with Crippen molar-refractivity contribution in [1.82, 2.24) is 4.98 Å². The summed E-state index contributed by atoms with van der Waals surface area (Å²) in [6.07, 6.45) is -4.48. The van der Waals surface area contributed by atoms with E-state index >= 15 is 0 Å². The minimum Gasteiger partial charge on any atom is -0.232 e. The van der Waals surface area contributed by atoms with Crippen LogP contribution in [0.2, 0.25) is 5.15 Å². The van der Waals surface area contributed by atoms with Gasteiger partial charge in [0.25, 0.3) is 0 Å². The summed E-state index contributed by atoms with van der Waals surface area (Å²) in [7, 11) is 0. The van der Waals surface area contributed by atoms with E-state index < -0.39 is 11.9 Å². The first-order chi connectivity index (χ1) is 5.93. The molecular weight excluding hydrogens is 226 g/mol. The third-order valence-electron chi connectivity index (χ3n) is 1.30. The largest absolute Gasteiger partial charge is 0.433 e. The van der Waals surface area contributed by atoms with E-state index in [2.05, 4.69) is 4.98 Å². The lowest BCUT2D eigenvalue weighted by Crippen LogP contribution is -2.08. The molecule has 0 aliphatic carbocycles. The van der Waals surface area contributed by atoms with Crippen LogP contribution in [-0.4, -0.2) is 4.98 Å². The molecule has 13 heavy (non-hydrogen) atoms. The molecule has 1 heterocycles. The highest BCUT2D eigenvalue weighted by Gasteiger charge is 2.32. The molecule has 6 heteroatoms.